The van der Waals surface area contributed by atoms with Crippen LogP contribution in [0.15, 0.2) is 96.2 Å². The molecule has 0 bridgehead atoms. The topological polar surface area (TPSA) is 119 Å². The number of aliphatic hydroxyl groups is 2. The molecule has 0 spiro atoms. The van der Waals surface area contributed by atoms with Gasteiger partial charge in [-0.05, 0) is 92.0 Å². The van der Waals surface area contributed by atoms with Crippen LogP contribution >= 0.6 is 0 Å². The lowest BCUT2D eigenvalue weighted by Gasteiger charge is -2.59. The summed E-state index contributed by atoms with van der Waals surface area (Å²) in [6, 6.07) is 17.2. The molecule has 6 atom stereocenters. The van der Waals surface area contributed by atoms with Crippen LogP contribution in [0.3, 0.4) is 0 Å². The van der Waals surface area contributed by atoms with Gasteiger partial charge in [0, 0.05) is 43.2 Å². The summed E-state index contributed by atoms with van der Waals surface area (Å²) in [5, 5.41) is 24.4. The fourth-order valence-corrected chi connectivity index (χ4v) is 8.86. The molecular weight excluding hydrogens is 734 g/mol. The van der Waals surface area contributed by atoms with Gasteiger partial charge in [0.25, 0.3) is 0 Å². The Hall–Kier alpha value is -4.78. The van der Waals surface area contributed by atoms with E-state index in [1.807, 2.05) is 19.1 Å². The molecule has 1 saturated carbocycles. The maximum atomic E-state index is 14.7. The van der Waals surface area contributed by atoms with Crippen molar-refractivity contribution in [3.63, 3.8) is 0 Å². The second-order valence-corrected chi connectivity index (χ2v) is 14.8. The molecule has 0 aromatic heterocycles. The van der Waals surface area contributed by atoms with Crippen molar-refractivity contribution in [3.8, 4) is 11.5 Å². The van der Waals surface area contributed by atoms with Crippen LogP contribution in [0.1, 0.15) is 74.5 Å². The molecule has 57 heavy (non-hydrogen) atoms. The van der Waals surface area contributed by atoms with Crippen LogP contribution in [0.2, 0.25) is 0 Å². The first-order chi connectivity index (χ1) is 27.8. The number of hydrogen-bond acceptors (Lipinski definition) is 9. The number of carbonyl (C=O) groups excluding carboxylic acids is 1. The molecule has 306 valence electrons. The number of nitrogens with zero attached hydrogens (tertiary/aromatic N) is 2. The minimum absolute atomic E-state index is 0.00376. The van der Waals surface area contributed by atoms with Crippen molar-refractivity contribution >= 4 is 11.8 Å². The Bertz CT molecular complexity index is 1890. The van der Waals surface area contributed by atoms with Gasteiger partial charge in [0.15, 0.2) is 0 Å². The Morgan fingerprint density at radius 1 is 1.04 bits per heavy atom. The molecule has 12 heteroatoms. The van der Waals surface area contributed by atoms with Crippen molar-refractivity contribution in [2.24, 2.45) is 22.9 Å². The van der Waals surface area contributed by atoms with Crippen molar-refractivity contribution in [1.82, 2.24) is 4.90 Å². The number of rotatable bonds is 19. The number of methoxy groups -OCH3 is 1. The molecule has 3 aliphatic rings. The average Bonchev–Trinajstić information content (AvgIpc) is 3.22. The molecule has 1 amide bonds. The van der Waals surface area contributed by atoms with Gasteiger partial charge in [0.1, 0.15) is 42.4 Å². The number of ether oxygens (including phenoxy) is 4. The summed E-state index contributed by atoms with van der Waals surface area (Å²) in [5.41, 5.74) is 3.49. The van der Waals surface area contributed by atoms with Gasteiger partial charge in [0.05, 0.1) is 25.3 Å². The van der Waals surface area contributed by atoms with E-state index in [2.05, 4.69) is 12.7 Å². The molecule has 1 heterocycles. The summed E-state index contributed by atoms with van der Waals surface area (Å²) in [6.45, 7) is 6.43. The number of oxime groups is 1. The van der Waals surface area contributed by atoms with Crippen molar-refractivity contribution in [2.45, 2.75) is 82.8 Å². The van der Waals surface area contributed by atoms with Gasteiger partial charge < -0.3 is 34.0 Å². The molecule has 6 rings (SSSR count). The Labute approximate surface area is 333 Å². The van der Waals surface area contributed by atoms with E-state index < -0.39 is 29.7 Å². The Morgan fingerprint density at radius 3 is 2.49 bits per heavy atom. The number of carbonyl (C=O) groups is 1. The van der Waals surface area contributed by atoms with E-state index >= 15 is 0 Å². The summed E-state index contributed by atoms with van der Waals surface area (Å²) in [7, 11) is 1.32. The highest BCUT2D eigenvalue weighted by molar-refractivity contribution is 6.03. The zero-order valence-corrected chi connectivity index (χ0v) is 32.8. The van der Waals surface area contributed by atoms with Crippen LogP contribution in [-0.4, -0.2) is 72.3 Å². The number of benzene rings is 3. The second-order valence-electron chi connectivity index (χ2n) is 14.8. The Balaban J connectivity index is 1.57. The molecule has 3 aromatic carbocycles. The summed E-state index contributed by atoms with van der Waals surface area (Å²) >= 11 is 0. The number of allylic oxidation sites excluding steroid dienone is 1. The van der Waals surface area contributed by atoms with Gasteiger partial charge >= 0.3 is 6.09 Å². The first-order valence-electron chi connectivity index (χ1n) is 19.9. The number of unbranched alkanes of at least 4 members (excludes halogenated alkanes) is 2. The van der Waals surface area contributed by atoms with Gasteiger partial charge in [-0.1, -0.05) is 60.5 Å². The third kappa shape index (κ3) is 9.19. The lowest BCUT2D eigenvalue weighted by molar-refractivity contribution is -0.256. The molecule has 1 aliphatic heterocycles. The minimum Gasteiger partial charge on any atom is -0.489 e. The number of amides is 1. The Morgan fingerprint density at radius 2 is 1.79 bits per heavy atom. The highest BCUT2D eigenvalue weighted by atomic mass is 19.1. The SMILES string of the molecule is C=CCO[C@@]12Oc3ccc(OCc4ccccc4F)cc3[C@H]3[C@H](CCCCO)[C@@H](CCCCO)C=C(C(=NOCC)C[C@@H]1N(Cc1ccc(F)cc1)C(=O)OC)[C@H]32. The van der Waals surface area contributed by atoms with Crippen molar-refractivity contribution in [1.29, 1.82) is 0 Å². The van der Waals surface area contributed by atoms with Gasteiger partial charge in [-0.15, -0.1) is 6.58 Å². The van der Waals surface area contributed by atoms with Crippen LogP contribution in [0.25, 0.3) is 0 Å². The van der Waals surface area contributed by atoms with Gasteiger partial charge in [0.2, 0.25) is 5.79 Å². The normalized spacial score (nSPS) is 24.1. The highest BCUT2D eigenvalue weighted by Crippen LogP contribution is 2.62. The van der Waals surface area contributed by atoms with Crippen LogP contribution in [0.5, 0.6) is 11.5 Å². The lowest BCUT2D eigenvalue weighted by atomic mass is 9.55. The fraction of sp³-hybridized carbons (Fsp3) is 0.467. The summed E-state index contributed by atoms with van der Waals surface area (Å²) < 4.78 is 54.5. The van der Waals surface area contributed by atoms with E-state index in [0.29, 0.717) is 47.8 Å². The van der Waals surface area contributed by atoms with Crippen LogP contribution in [0, 0.1) is 29.4 Å². The molecule has 0 saturated heterocycles. The lowest BCUT2D eigenvalue weighted by Crippen LogP contribution is -2.70. The van der Waals surface area contributed by atoms with Gasteiger partial charge in [-0.2, -0.15) is 0 Å². The summed E-state index contributed by atoms with van der Waals surface area (Å²) in [6.07, 6.45) is 7.82. The van der Waals surface area contributed by atoms with Crippen molar-refractivity contribution in [2.75, 3.05) is 33.5 Å². The molecule has 1 fully saturated rings. The molecule has 10 nitrogen and oxygen atoms in total. The smallest absolute Gasteiger partial charge is 0.410 e. The zero-order valence-electron chi connectivity index (χ0n) is 32.8. The van der Waals surface area contributed by atoms with Crippen LogP contribution in [0.4, 0.5) is 13.6 Å². The second kappa shape index (κ2) is 19.6. The number of fused-ring (bicyclic) bond motifs is 2. The number of hydrogen-bond donors (Lipinski definition) is 2. The van der Waals surface area contributed by atoms with E-state index in [-0.39, 0.29) is 63.0 Å². The predicted octanol–water partition coefficient (Wildman–Crippen LogP) is 8.47. The largest absolute Gasteiger partial charge is 0.489 e. The average molecular weight is 789 g/mol. The van der Waals surface area contributed by atoms with Crippen LogP contribution < -0.4 is 9.47 Å². The van der Waals surface area contributed by atoms with E-state index in [1.165, 1.54) is 25.3 Å². The highest BCUT2D eigenvalue weighted by Gasteiger charge is 2.65. The fourth-order valence-electron chi connectivity index (χ4n) is 8.86. The molecular formula is C45H54F2N2O8. The standard InChI is InChI=1S/C45H54F2N2O8/c1-4-24-55-45-41(49(44(52)53-3)28-30-16-18-33(46)19-17-30)27-39(48-56-5-2)36-25-31(12-8-10-22-50)35(14-9-11-23-51)42(43(36)45)37-26-34(20-21-40(37)57-45)54-29-32-13-6-7-15-38(32)47/h4,6-7,13,15-21,25-26,31,35,41-43,50-51H,1,5,8-12,14,22-24,27-29H2,2-3H3/t31-,35+,41-,42+,43+,45+/m0/s1. The Kier molecular flexibility index (Phi) is 14.4. The molecule has 2 N–H and O–H groups in total. The summed E-state index contributed by atoms with van der Waals surface area (Å²) in [5.74, 6) is -1.97. The quantitative estimate of drug-likeness (QED) is 0.0706. The third-order valence-corrected chi connectivity index (χ3v) is 11.4. The van der Waals surface area contributed by atoms with Crippen molar-refractivity contribution in [3.05, 3.63) is 119 Å². The molecule has 0 radical (unpaired) electrons. The first kappa shape index (κ1) is 41.8. The maximum absolute atomic E-state index is 14.7. The van der Waals surface area contributed by atoms with E-state index in [1.54, 1.807) is 47.4 Å². The molecule has 3 aromatic rings. The first-order valence-corrected chi connectivity index (χ1v) is 19.9. The maximum Gasteiger partial charge on any atom is 0.410 e. The van der Waals surface area contributed by atoms with Crippen molar-refractivity contribution < 1.29 is 47.6 Å². The zero-order chi connectivity index (χ0) is 40.4. The number of aliphatic hydroxyl groups excluding tert-OH is 2. The van der Waals surface area contributed by atoms with E-state index in [4.69, 9.17) is 28.9 Å². The van der Waals surface area contributed by atoms with Crippen LogP contribution in [-0.2, 0) is 27.5 Å². The predicted molar refractivity (Wildman–Crippen MR) is 212 cm³/mol. The van der Waals surface area contributed by atoms with E-state index in [0.717, 1.165) is 36.8 Å². The molecule has 2 aliphatic carbocycles. The van der Waals surface area contributed by atoms with Gasteiger partial charge in [-0.3, -0.25) is 4.90 Å². The monoisotopic (exact) mass is 788 g/mol. The van der Waals surface area contributed by atoms with Gasteiger partial charge in [-0.25, -0.2) is 13.6 Å². The third-order valence-electron chi connectivity index (χ3n) is 11.4. The number of halogens is 2. The summed E-state index contributed by atoms with van der Waals surface area (Å²) in [4.78, 5) is 21.4. The molecule has 0 unspecified atom stereocenters. The van der Waals surface area contributed by atoms with E-state index in [9.17, 15) is 23.8 Å². The minimum atomic E-state index is -1.50.